The predicted molar refractivity (Wildman–Crippen MR) is 288 cm³/mol. The molecule has 1 atom stereocenters. The van der Waals surface area contributed by atoms with E-state index in [9.17, 15) is 19.2 Å². The Morgan fingerprint density at radius 2 is 0.618 bits per heavy atom. The number of hydrogen-bond donors (Lipinski definition) is 1. The van der Waals surface area contributed by atoms with Crippen molar-refractivity contribution in [2.75, 3.05) is 19.8 Å². The Morgan fingerprint density at radius 3 is 0.941 bits per heavy atom. The van der Waals surface area contributed by atoms with Gasteiger partial charge in [-0.3, -0.25) is 14.4 Å². The van der Waals surface area contributed by atoms with Gasteiger partial charge in [-0.1, -0.05) is 272 Å². The minimum absolute atomic E-state index is 0.105. The third-order valence-electron chi connectivity index (χ3n) is 13.9. The lowest BCUT2D eigenvalue weighted by molar-refractivity contribution is -0.149. The van der Waals surface area contributed by atoms with Crippen molar-refractivity contribution in [3.05, 3.63) is 0 Å². The molecule has 8 heteroatoms. The van der Waals surface area contributed by atoms with Crippen LogP contribution in [-0.4, -0.2) is 49.7 Å². The number of carbonyl (C=O) groups is 4. The molecule has 0 aliphatic rings. The summed E-state index contributed by atoms with van der Waals surface area (Å²) in [5.74, 6) is -1.07. The molecule has 402 valence electrons. The average molecular weight is 963 g/mol. The number of unbranched alkanes of at least 4 members (excludes halogenated alkanes) is 37. The van der Waals surface area contributed by atoms with Crippen molar-refractivity contribution in [1.82, 2.24) is 5.32 Å². The normalized spacial score (nSPS) is 11.8. The molecule has 0 saturated carbocycles. The van der Waals surface area contributed by atoms with E-state index in [1.165, 1.54) is 193 Å². The Hall–Kier alpha value is -2.12. The quantitative estimate of drug-likeness (QED) is 0.0367. The fraction of sp³-hybridized carbons (Fsp3) is 0.933. The second kappa shape index (κ2) is 54.2. The Labute approximate surface area is 422 Å². The van der Waals surface area contributed by atoms with Crippen LogP contribution in [-0.2, 0) is 33.4 Å². The Morgan fingerprint density at radius 1 is 0.324 bits per heavy atom. The molecular weight excluding hydrogens is 847 g/mol. The third-order valence-corrected chi connectivity index (χ3v) is 13.9. The predicted octanol–water partition coefficient (Wildman–Crippen LogP) is 18.1. The van der Waals surface area contributed by atoms with Crippen molar-refractivity contribution in [2.45, 2.75) is 336 Å². The maximum absolute atomic E-state index is 13.2. The summed E-state index contributed by atoms with van der Waals surface area (Å²) >= 11 is 0. The first-order valence-corrected chi connectivity index (χ1v) is 30.1. The van der Waals surface area contributed by atoms with E-state index in [0.29, 0.717) is 45.1 Å². The van der Waals surface area contributed by atoms with E-state index < -0.39 is 6.04 Å². The molecule has 0 heterocycles. The Kier molecular flexibility index (Phi) is 52.5. The van der Waals surface area contributed by atoms with Gasteiger partial charge in [0, 0.05) is 25.2 Å². The molecule has 0 rings (SSSR count). The van der Waals surface area contributed by atoms with Gasteiger partial charge in [-0.15, -0.1) is 0 Å². The van der Waals surface area contributed by atoms with Crippen LogP contribution in [0.2, 0.25) is 0 Å². The van der Waals surface area contributed by atoms with Crippen LogP contribution in [0.15, 0.2) is 0 Å². The lowest BCUT2D eigenvalue weighted by Gasteiger charge is -2.20. The molecule has 1 N–H and O–H groups in total. The van der Waals surface area contributed by atoms with E-state index in [1.807, 2.05) is 0 Å². The number of ether oxygens (including phenoxy) is 3. The van der Waals surface area contributed by atoms with Crippen molar-refractivity contribution in [1.29, 1.82) is 0 Å². The molecule has 0 spiro atoms. The summed E-state index contributed by atoms with van der Waals surface area (Å²) in [5.41, 5.74) is 0. The monoisotopic (exact) mass is 962 g/mol. The van der Waals surface area contributed by atoms with Crippen LogP contribution in [0.5, 0.6) is 0 Å². The maximum atomic E-state index is 13.2. The highest BCUT2D eigenvalue weighted by atomic mass is 16.5. The standard InChI is InChI=1S/C60H115NO7/c1-5-9-13-16-19-22-25-28-31-34-37-40-43-49-57(62)61-56(60(65)66-52-12-8-4)48-46-47-55(53-67-58(63)50-44-41-38-35-32-29-26-23-20-17-14-10-6-2)54-68-59(64)51-45-42-39-36-33-30-27-24-21-18-15-11-7-3/h55-56H,5-54H2,1-4H3,(H,61,62)/t56-/m0/s1. The molecule has 0 aromatic heterocycles. The lowest BCUT2D eigenvalue weighted by atomic mass is 10.0. The molecule has 0 bridgehead atoms. The molecule has 0 saturated heterocycles. The molecule has 0 aliphatic heterocycles. The number of nitrogens with one attached hydrogen (secondary N) is 1. The van der Waals surface area contributed by atoms with Gasteiger partial charge in [0.25, 0.3) is 0 Å². The van der Waals surface area contributed by atoms with Crippen molar-refractivity contribution in [2.24, 2.45) is 5.92 Å². The zero-order valence-electron chi connectivity index (χ0n) is 45.9. The number of amides is 1. The third kappa shape index (κ3) is 48.9. The van der Waals surface area contributed by atoms with Crippen molar-refractivity contribution in [3.8, 4) is 0 Å². The highest BCUT2D eigenvalue weighted by Gasteiger charge is 2.23. The summed E-state index contributed by atoms with van der Waals surface area (Å²) in [5, 5.41) is 2.99. The molecule has 0 aliphatic carbocycles. The molecule has 0 unspecified atom stereocenters. The van der Waals surface area contributed by atoms with Crippen molar-refractivity contribution >= 4 is 23.8 Å². The summed E-state index contributed by atoms with van der Waals surface area (Å²) in [4.78, 5) is 52.0. The van der Waals surface area contributed by atoms with Crippen LogP contribution in [0, 0.1) is 5.92 Å². The van der Waals surface area contributed by atoms with E-state index in [0.717, 1.165) is 70.6 Å². The molecule has 0 aromatic carbocycles. The van der Waals surface area contributed by atoms with Gasteiger partial charge < -0.3 is 19.5 Å². The summed E-state index contributed by atoms with van der Waals surface area (Å²) in [6, 6.07) is -0.724. The summed E-state index contributed by atoms with van der Waals surface area (Å²) in [6.07, 6.45) is 53.4. The average Bonchev–Trinajstić information content (AvgIpc) is 3.33. The van der Waals surface area contributed by atoms with Gasteiger partial charge >= 0.3 is 17.9 Å². The van der Waals surface area contributed by atoms with Crippen LogP contribution in [0.4, 0.5) is 0 Å². The first kappa shape index (κ1) is 65.9. The molecular formula is C60H115NO7. The minimum Gasteiger partial charge on any atom is -0.465 e. The zero-order chi connectivity index (χ0) is 49.6. The first-order chi connectivity index (χ1) is 33.4. The largest absolute Gasteiger partial charge is 0.465 e. The lowest BCUT2D eigenvalue weighted by Crippen LogP contribution is -2.42. The van der Waals surface area contributed by atoms with Gasteiger partial charge in [0.2, 0.25) is 5.91 Å². The van der Waals surface area contributed by atoms with E-state index in [-0.39, 0.29) is 42.9 Å². The van der Waals surface area contributed by atoms with E-state index in [4.69, 9.17) is 14.2 Å². The van der Waals surface area contributed by atoms with Crippen molar-refractivity contribution < 1.29 is 33.4 Å². The van der Waals surface area contributed by atoms with Crippen LogP contribution in [0.3, 0.4) is 0 Å². The summed E-state index contributed by atoms with van der Waals surface area (Å²) < 4.78 is 17.2. The van der Waals surface area contributed by atoms with Gasteiger partial charge in [0.15, 0.2) is 0 Å². The molecule has 68 heavy (non-hydrogen) atoms. The van der Waals surface area contributed by atoms with Crippen LogP contribution in [0.25, 0.3) is 0 Å². The van der Waals surface area contributed by atoms with Crippen LogP contribution >= 0.6 is 0 Å². The number of rotatable bonds is 55. The fourth-order valence-electron chi connectivity index (χ4n) is 9.20. The van der Waals surface area contributed by atoms with E-state index in [1.54, 1.807) is 0 Å². The van der Waals surface area contributed by atoms with E-state index >= 15 is 0 Å². The zero-order valence-corrected chi connectivity index (χ0v) is 45.9. The van der Waals surface area contributed by atoms with Crippen LogP contribution < -0.4 is 5.32 Å². The van der Waals surface area contributed by atoms with Gasteiger partial charge in [-0.05, 0) is 38.5 Å². The highest BCUT2D eigenvalue weighted by molar-refractivity contribution is 5.84. The molecule has 0 fully saturated rings. The second-order valence-electron chi connectivity index (χ2n) is 20.8. The summed E-state index contributed by atoms with van der Waals surface area (Å²) in [7, 11) is 0. The Bertz CT molecular complexity index is 1050. The topological polar surface area (TPSA) is 108 Å². The smallest absolute Gasteiger partial charge is 0.328 e. The summed E-state index contributed by atoms with van der Waals surface area (Å²) in [6.45, 7) is 9.56. The number of carbonyl (C=O) groups excluding carboxylic acids is 4. The Balaban J connectivity index is 4.89. The number of esters is 3. The molecule has 8 nitrogen and oxygen atoms in total. The molecule has 0 radical (unpaired) electrons. The van der Waals surface area contributed by atoms with E-state index in [2.05, 4.69) is 33.0 Å². The molecule has 1 amide bonds. The van der Waals surface area contributed by atoms with Gasteiger partial charge in [0.1, 0.15) is 6.04 Å². The minimum atomic E-state index is -0.724. The van der Waals surface area contributed by atoms with Gasteiger partial charge in [0.05, 0.1) is 19.8 Å². The van der Waals surface area contributed by atoms with Crippen LogP contribution in [0.1, 0.15) is 329 Å². The highest BCUT2D eigenvalue weighted by Crippen LogP contribution is 2.19. The SMILES string of the molecule is CCCCCCCCCCCCCCCC(=O)N[C@@H](CCCC(COC(=O)CCCCCCCCCCCCCCC)COC(=O)CCCCCCCCCCCCCCC)C(=O)OCCCC. The van der Waals surface area contributed by atoms with Crippen molar-refractivity contribution in [3.63, 3.8) is 0 Å². The number of hydrogen-bond acceptors (Lipinski definition) is 7. The first-order valence-electron chi connectivity index (χ1n) is 30.1. The van der Waals surface area contributed by atoms with Gasteiger partial charge in [-0.2, -0.15) is 0 Å². The molecule has 0 aromatic rings. The fourth-order valence-corrected chi connectivity index (χ4v) is 9.20. The van der Waals surface area contributed by atoms with Gasteiger partial charge in [-0.25, -0.2) is 4.79 Å². The maximum Gasteiger partial charge on any atom is 0.328 e. The second-order valence-corrected chi connectivity index (χ2v) is 20.8.